The summed E-state index contributed by atoms with van der Waals surface area (Å²) in [5, 5.41) is 3.35. The van der Waals surface area contributed by atoms with E-state index in [1.54, 1.807) is 0 Å². The van der Waals surface area contributed by atoms with Crippen LogP contribution in [0.4, 0.5) is 5.69 Å². The molecule has 1 aliphatic heterocycles. The predicted molar refractivity (Wildman–Crippen MR) is 107 cm³/mol. The number of hydrogen-bond acceptors (Lipinski definition) is 4. The van der Waals surface area contributed by atoms with Crippen molar-refractivity contribution >= 4 is 44.8 Å². The fourth-order valence-corrected chi connectivity index (χ4v) is 4.08. The van der Waals surface area contributed by atoms with Crippen molar-refractivity contribution < 1.29 is 13.2 Å². The number of nitrogens with zero attached hydrogens (tertiary/aromatic N) is 2. The average Bonchev–Trinajstić information content (AvgIpc) is 2.59. The largest absolute Gasteiger partial charge is 0.354 e. The number of nitrogens with one attached hydrogen (secondary N) is 1. The Bertz CT molecular complexity index is 722. The van der Waals surface area contributed by atoms with Crippen molar-refractivity contribution in [2.45, 2.75) is 25.7 Å². The van der Waals surface area contributed by atoms with Gasteiger partial charge in [-0.25, -0.2) is 8.42 Å². The molecule has 2 rings (SSSR count). The number of benzene rings is 1. The molecule has 1 aliphatic rings. The van der Waals surface area contributed by atoms with Crippen molar-refractivity contribution in [2.75, 3.05) is 43.3 Å². The molecule has 0 unspecified atom stereocenters. The first-order valence-electron chi connectivity index (χ1n) is 8.69. The lowest BCUT2D eigenvalue weighted by Gasteiger charge is -2.26. The molecular formula is C17H25Cl2N3O3S. The standard InChI is InChI=1S/C17H25Cl2N3O3S/c1-26(24,25)22(14-6-7-15(18)16(19)12-14)13-17(23)20-8-5-11-21-9-3-2-4-10-21/h6-7,12H,2-5,8-11,13H2,1H3,(H,20,23). The van der Waals surface area contributed by atoms with E-state index in [9.17, 15) is 13.2 Å². The number of hydrogen-bond donors (Lipinski definition) is 1. The Morgan fingerprint density at radius 3 is 2.50 bits per heavy atom. The maximum atomic E-state index is 12.2. The number of halogens is 2. The lowest BCUT2D eigenvalue weighted by atomic mass is 10.1. The van der Waals surface area contributed by atoms with Crippen LogP contribution in [0.1, 0.15) is 25.7 Å². The topological polar surface area (TPSA) is 69.7 Å². The maximum Gasteiger partial charge on any atom is 0.240 e. The molecule has 6 nitrogen and oxygen atoms in total. The van der Waals surface area contributed by atoms with Gasteiger partial charge < -0.3 is 10.2 Å². The minimum absolute atomic E-state index is 0.236. The molecule has 146 valence electrons. The van der Waals surface area contributed by atoms with Gasteiger partial charge in [0, 0.05) is 6.54 Å². The normalized spacial score (nSPS) is 15.7. The van der Waals surface area contributed by atoms with E-state index in [1.807, 2.05) is 0 Å². The number of likely N-dealkylation sites (tertiary alicyclic amines) is 1. The molecule has 1 amide bonds. The second-order valence-electron chi connectivity index (χ2n) is 6.47. The first-order valence-corrected chi connectivity index (χ1v) is 11.3. The van der Waals surface area contributed by atoms with E-state index in [-0.39, 0.29) is 17.5 Å². The van der Waals surface area contributed by atoms with Gasteiger partial charge in [0.1, 0.15) is 6.54 Å². The molecule has 26 heavy (non-hydrogen) atoms. The first kappa shape index (κ1) is 21.3. The first-order chi connectivity index (χ1) is 12.3. The SMILES string of the molecule is CS(=O)(=O)N(CC(=O)NCCCN1CCCCC1)c1ccc(Cl)c(Cl)c1. The van der Waals surface area contributed by atoms with Crippen LogP contribution in [-0.2, 0) is 14.8 Å². The van der Waals surface area contributed by atoms with Gasteiger partial charge in [0.05, 0.1) is 22.0 Å². The molecule has 1 fully saturated rings. The van der Waals surface area contributed by atoms with Crippen molar-refractivity contribution in [3.8, 4) is 0 Å². The van der Waals surface area contributed by atoms with Crippen LogP contribution in [0.15, 0.2) is 18.2 Å². The number of amides is 1. The summed E-state index contributed by atoms with van der Waals surface area (Å²) in [4.78, 5) is 14.6. The summed E-state index contributed by atoms with van der Waals surface area (Å²) < 4.78 is 25.1. The number of carbonyl (C=O) groups is 1. The van der Waals surface area contributed by atoms with Crippen LogP contribution < -0.4 is 9.62 Å². The van der Waals surface area contributed by atoms with Gasteiger partial charge in [-0.2, -0.15) is 0 Å². The molecule has 1 aromatic carbocycles. The fraction of sp³-hybridized carbons (Fsp3) is 0.588. The maximum absolute atomic E-state index is 12.2. The summed E-state index contributed by atoms with van der Waals surface area (Å²) in [5.74, 6) is -0.347. The minimum atomic E-state index is -3.63. The molecule has 0 radical (unpaired) electrons. The van der Waals surface area contributed by atoms with Crippen LogP contribution in [-0.4, -0.2) is 58.2 Å². The summed E-state index contributed by atoms with van der Waals surface area (Å²) in [6.45, 7) is 3.41. The summed E-state index contributed by atoms with van der Waals surface area (Å²) in [6, 6.07) is 4.47. The van der Waals surface area contributed by atoms with Crippen LogP contribution in [0.5, 0.6) is 0 Å². The van der Waals surface area contributed by atoms with E-state index < -0.39 is 10.0 Å². The van der Waals surface area contributed by atoms with Crippen molar-refractivity contribution in [1.82, 2.24) is 10.2 Å². The van der Waals surface area contributed by atoms with Crippen molar-refractivity contribution in [3.63, 3.8) is 0 Å². The Morgan fingerprint density at radius 2 is 1.88 bits per heavy atom. The number of piperidine rings is 1. The average molecular weight is 422 g/mol. The third-order valence-corrected chi connectivity index (χ3v) is 6.18. The number of rotatable bonds is 8. The van der Waals surface area contributed by atoms with Crippen LogP contribution in [0.2, 0.25) is 10.0 Å². The Labute approximate surface area is 165 Å². The van der Waals surface area contributed by atoms with E-state index in [0.717, 1.165) is 36.6 Å². The lowest BCUT2D eigenvalue weighted by Crippen LogP contribution is -2.41. The van der Waals surface area contributed by atoms with Crippen LogP contribution in [0.25, 0.3) is 0 Å². The van der Waals surface area contributed by atoms with Gasteiger partial charge in [-0.15, -0.1) is 0 Å². The van der Waals surface area contributed by atoms with Crippen LogP contribution >= 0.6 is 23.2 Å². The van der Waals surface area contributed by atoms with Gasteiger partial charge in [0.25, 0.3) is 0 Å². The second-order valence-corrected chi connectivity index (χ2v) is 9.20. The Balaban J connectivity index is 1.87. The summed E-state index contributed by atoms with van der Waals surface area (Å²) >= 11 is 11.8. The second kappa shape index (κ2) is 9.78. The van der Waals surface area contributed by atoms with E-state index in [1.165, 1.54) is 37.5 Å². The zero-order chi connectivity index (χ0) is 19.2. The van der Waals surface area contributed by atoms with Crippen LogP contribution in [0.3, 0.4) is 0 Å². The highest BCUT2D eigenvalue weighted by atomic mass is 35.5. The van der Waals surface area contributed by atoms with E-state index in [4.69, 9.17) is 23.2 Å². The highest BCUT2D eigenvalue weighted by Crippen LogP contribution is 2.28. The molecule has 0 aromatic heterocycles. The quantitative estimate of drug-likeness (QED) is 0.655. The molecular weight excluding hydrogens is 397 g/mol. The molecule has 1 N–H and O–H groups in total. The molecule has 0 spiro atoms. The smallest absolute Gasteiger partial charge is 0.240 e. The van der Waals surface area contributed by atoms with Gasteiger partial charge in [-0.1, -0.05) is 29.6 Å². The van der Waals surface area contributed by atoms with Crippen molar-refractivity contribution in [2.24, 2.45) is 0 Å². The van der Waals surface area contributed by atoms with Gasteiger partial charge in [-0.05, 0) is 57.1 Å². The fourth-order valence-electron chi connectivity index (χ4n) is 2.94. The van der Waals surface area contributed by atoms with Crippen molar-refractivity contribution in [3.05, 3.63) is 28.2 Å². The van der Waals surface area contributed by atoms with E-state index in [2.05, 4.69) is 10.2 Å². The third kappa shape index (κ3) is 6.61. The highest BCUT2D eigenvalue weighted by molar-refractivity contribution is 7.92. The Hall–Kier alpha value is -1.02. The minimum Gasteiger partial charge on any atom is -0.354 e. The molecule has 1 saturated heterocycles. The molecule has 0 saturated carbocycles. The van der Waals surface area contributed by atoms with E-state index in [0.29, 0.717) is 17.3 Å². The molecule has 0 atom stereocenters. The monoisotopic (exact) mass is 421 g/mol. The molecule has 0 bridgehead atoms. The summed E-state index contributed by atoms with van der Waals surface area (Å²) in [5.41, 5.74) is 0.311. The van der Waals surface area contributed by atoms with E-state index >= 15 is 0 Å². The third-order valence-electron chi connectivity index (χ3n) is 4.30. The highest BCUT2D eigenvalue weighted by Gasteiger charge is 2.21. The number of carbonyl (C=O) groups excluding carboxylic acids is 1. The van der Waals surface area contributed by atoms with Gasteiger partial charge >= 0.3 is 0 Å². The zero-order valence-corrected chi connectivity index (χ0v) is 17.2. The van der Waals surface area contributed by atoms with Crippen molar-refractivity contribution in [1.29, 1.82) is 0 Å². The zero-order valence-electron chi connectivity index (χ0n) is 14.9. The van der Waals surface area contributed by atoms with Crippen LogP contribution in [0, 0.1) is 0 Å². The predicted octanol–water partition coefficient (Wildman–Crippen LogP) is 2.75. The Kier molecular flexibility index (Phi) is 8.01. The lowest BCUT2D eigenvalue weighted by molar-refractivity contribution is -0.119. The van der Waals surface area contributed by atoms with Gasteiger partial charge in [0.2, 0.25) is 15.9 Å². The number of anilines is 1. The van der Waals surface area contributed by atoms with Gasteiger partial charge in [-0.3, -0.25) is 9.10 Å². The Morgan fingerprint density at radius 1 is 1.19 bits per heavy atom. The molecule has 9 heteroatoms. The molecule has 0 aliphatic carbocycles. The molecule has 1 aromatic rings. The van der Waals surface area contributed by atoms with Gasteiger partial charge in [0.15, 0.2) is 0 Å². The molecule has 1 heterocycles. The summed E-state index contributed by atoms with van der Waals surface area (Å²) in [6.07, 6.45) is 5.67. The number of sulfonamides is 1. The summed E-state index contributed by atoms with van der Waals surface area (Å²) in [7, 11) is -3.63.